The molecule has 2 rings (SSSR count). The van der Waals surface area contributed by atoms with E-state index in [-0.39, 0.29) is 11.3 Å². The smallest absolute Gasteiger partial charge is 0.416 e. The number of rotatable bonds is 4. The molecule has 1 N–H and O–H groups in total. The van der Waals surface area contributed by atoms with Crippen molar-refractivity contribution in [3.05, 3.63) is 59.2 Å². The second-order valence-electron chi connectivity index (χ2n) is 4.95. The Morgan fingerprint density at radius 3 is 2.30 bits per heavy atom. The Morgan fingerprint density at radius 1 is 1.17 bits per heavy atom. The first-order valence-corrected chi connectivity index (χ1v) is 6.97. The SMILES string of the molecule is O=C(O)C1=CC(C(F)(F)F)=CC(CC(=O)c2ccccc2)C1=S. The molecular formula is C16H11F3O3S. The van der Waals surface area contributed by atoms with Gasteiger partial charge < -0.3 is 5.11 Å². The van der Waals surface area contributed by atoms with Crippen LogP contribution in [0.15, 0.2) is 53.6 Å². The highest BCUT2D eigenvalue weighted by Gasteiger charge is 2.38. The predicted octanol–water partition coefficient (Wildman–Crippen LogP) is 3.76. The molecule has 0 amide bonds. The highest BCUT2D eigenvalue weighted by atomic mass is 32.1. The molecule has 0 fully saturated rings. The van der Waals surface area contributed by atoms with Crippen LogP contribution in [0.2, 0.25) is 0 Å². The number of ketones is 1. The quantitative estimate of drug-likeness (QED) is 0.670. The number of thiocarbonyl (C=S) groups is 1. The van der Waals surface area contributed by atoms with Gasteiger partial charge in [-0.1, -0.05) is 48.6 Å². The minimum atomic E-state index is -4.70. The number of carboxylic acid groups (broad SMARTS) is 1. The summed E-state index contributed by atoms with van der Waals surface area (Å²) in [5.74, 6) is -3.02. The Balaban J connectivity index is 2.32. The number of alkyl halides is 3. The van der Waals surface area contributed by atoms with E-state index in [0.29, 0.717) is 11.6 Å². The number of carbonyl (C=O) groups excluding carboxylic acids is 1. The van der Waals surface area contributed by atoms with Crippen LogP contribution in [0.3, 0.4) is 0 Å². The van der Waals surface area contributed by atoms with Crippen LogP contribution in [0.25, 0.3) is 0 Å². The number of carboxylic acids is 1. The first-order chi connectivity index (χ1) is 10.7. The van der Waals surface area contributed by atoms with Gasteiger partial charge in [0.1, 0.15) is 0 Å². The van der Waals surface area contributed by atoms with Crippen molar-refractivity contribution in [2.75, 3.05) is 0 Å². The zero-order valence-electron chi connectivity index (χ0n) is 11.6. The maximum Gasteiger partial charge on any atom is 0.416 e. The van der Waals surface area contributed by atoms with Gasteiger partial charge in [-0.15, -0.1) is 0 Å². The largest absolute Gasteiger partial charge is 0.478 e. The molecule has 0 heterocycles. The maximum atomic E-state index is 12.9. The van der Waals surface area contributed by atoms with Crippen LogP contribution in [0, 0.1) is 5.92 Å². The van der Waals surface area contributed by atoms with E-state index in [4.69, 9.17) is 17.3 Å². The first kappa shape index (κ1) is 17.1. The molecule has 0 saturated heterocycles. The standard InChI is InChI=1S/C16H11F3O3S/c17-16(18,19)11-6-10(14(23)12(8-11)15(21)22)7-13(20)9-4-2-1-3-5-9/h1-6,8,10H,7H2,(H,21,22). The normalized spacial score (nSPS) is 18.2. The second kappa shape index (κ2) is 6.45. The molecule has 1 aliphatic rings. The Hall–Kier alpha value is -2.28. The van der Waals surface area contributed by atoms with Gasteiger partial charge in [-0.2, -0.15) is 13.2 Å². The van der Waals surface area contributed by atoms with Crippen LogP contribution in [0.1, 0.15) is 16.8 Å². The lowest BCUT2D eigenvalue weighted by molar-refractivity contribution is -0.132. The van der Waals surface area contributed by atoms with Gasteiger partial charge >= 0.3 is 12.1 Å². The summed E-state index contributed by atoms with van der Waals surface area (Å²) < 4.78 is 38.7. The highest BCUT2D eigenvalue weighted by molar-refractivity contribution is 7.81. The summed E-state index contributed by atoms with van der Waals surface area (Å²) in [5, 5.41) is 9.03. The van der Waals surface area contributed by atoms with Gasteiger partial charge in [0, 0.05) is 22.8 Å². The average Bonchev–Trinajstić information content (AvgIpc) is 2.48. The molecule has 3 nitrogen and oxygen atoms in total. The second-order valence-corrected chi connectivity index (χ2v) is 5.39. The van der Waals surface area contributed by atoms with Crippen molar-refractivity contribution < 1.29 is 27.9 Å². The Kier molecular flexibility index (Phi) is 4.79. The molecule has 1 aliphatic carbocycles. The van der Waals surface area contributed by atoms with Gasteiger partial charge in [0.25, 0.3) is 0 Å². The van der Waals surface area contributed by atoms with E-state index in [1.807, 2.05) is 0 Å². The molecule has 23 heavy (non-hydrogen) atoms. The molecule has 0 spiro atoms. The van der Waals surface area contributed by atoms with Crippen molar-refractivity contribution in [2.24, 2.45) is 5.92 Å². The lowest BCUT2D eigenvalue weighted by Crippen LogP contribution is -2.27. The zero-order chi connectivity index (χ0) is 17.2. The number of Topliss-reactive ketones (excluding diaryl/α,β-unsaturated/α-hetero) is 1. The third-order valence-corrected chi connectivity index (χ3v) is 3.86. The summed E-state index contributed by atoms with van der Waals surface area (Å²) in [7, 11) is 0. The zero-order valence-corrected chi connectivity index (χ0v) is 12.4. The summed E-state index contributed by atoms with van der Waals surface area (Å²) in [4.78, 5) is 23.1. The van der Waals surface area contributed by atoms with Crippen molar-refractivity contribution in [2.45, 2.75) is 12.6 Å². The molecule has 0 radical (unpaired) electrons. The molecule has 1 aromatic rings. The maximum absolute atomic E-state index is 12.9. The fourth-order valence-electron chi connectivity index (χ4n) is 2.20. The van der Waals surface area contributed by atoms with Gasteiger partial charge in [-0.25, -0.2) is 4.79 Å². The minimum absolute atomic E-state index is 0.171. The van der Waals surface area contributed by atoms with Gasteiger partial charge in [0.2, 0.25) is 0 Å². The summed E-state index contributed by atoms with van der Waals surface area (Å²) in [6.07, 6.45) is -3.69. The van der Waals surface area contributed by atoms with Crippen molar-refractivity contribution >= 4 is 28.8 Å². The van der Waals surface area contributed by atoms with Gasteiger partial charge in [-0.3, -0.25) is 4.79 Å². The fourth-order valence-corrected chi connectivity index (χ4v) is 2.50. The monoisotopic (exact) mass is 340 g/mol. The van der Waals surface area contributed by atoms with Crippen molar-refractivity contribution in [1.29, 1.82) is 0 Å². The third-order valence-electron chi connectivity index (χ3n) is 3.34. The molecule has 1 atom stereocenters. The number of carbonyl (C=O) groups is 2. The van der Waals surface area contributed by atoms with E-state index in [0.717, 1.165) is 6.08 Å². The number of hydrogen-bond acceptors (Lipinski definition) is 3. The molecular weight excluding hydrogens is 329 g/mol. The summed E-state index contributed by atoms with van der Waals surface area (Å²) in [6, 6.07) is 8.04. The topological polar surface area (TPSA) is 54.4 Å². The Morgan fingerprint density at radius 2 is 1.78 bits per heavy atom. The third kappa shape index (κ3) is 3.92. The van der Waals surface area contributed by atoms with E-state index < -0.39 is 35.0 Å². The first-order valence-electron chi connectivity index (χ1n) is 6.56. The van der Waals surface area contributed by atoms with Crippen LogP contribution in [-0.4, -0.2) is 27.9 Å². The molecule has 0 saturated carbocycles. The number of allylic oxidation sites excluding steroid dienone is 3. The lowest BCUT2D eigenvalue weighted by Gasteiger charge is -2.22. The Labute approximate surface area is 135 Å². The molecule has 7 heteroatoms. The number of hydrogen-bond donors (Lipinski definition) is 1. The lowest BCUT2D eigenvalue weighted by atomic mass is 9.85. The van der Waals surface area contributed by atoms with Crippen LogP contribution in [-0.2, 0) is 4.79 Å². The molecule has 120 valence electrons. The summed E-state index contributed by atoms with van der Waals surface area (Å²) >= 11 is 4.96. The van der Waals surface area contributed by atoms with Crippen molar-refractivity contribution in [3.63, 3.8) is 0 Å². The van der Waals surface area contributed by atoms with E-state index in [1.54, 1.807) is 18.2 Å². The highest BCUT2D eigenvalue weighted by Crippen LogP contribution is 2.34. The van der Waals surface area contributed by atoms with E-state index >= 15 is 0 Å². The summed E-state index contributed by atoms with van der Waals surface area (Å²) in [6.45, 7) is 0. The van der Waals surface area contributed by atoms with Crippen LogP contribution in [0.5, 0.6) is 0 Å². The number of halogens is 3. The molecule has 0 aromatic heterocycles. The van der Waals surface area contributed by atoms with Crippen LogP contribution >= 0.6 is 12.2 Å². The fraction of sp³-hybridized carbons (Fsp3) is 0.188. The van der Waals surface area contributed by atoms with Gasteiger partial charge in [0.05, 0.1) is 11.1 Å². The molecule has 0 bridgehead atoms. The van der Waals surface area contributed by atoms with Crippen LogP contribution < -0.4 is 0 Å². The van der Waals surface area contributed by atoms with E-state index in [9.17, 15) is 22.8 Å². The van der Waals surface area contributed by atoms with Gasteiger partial charge in [-0.05, 0) is 6.08 Å². The van der Waals surface area contributed by atoms with E-state index in [1.165, 1.54) is 12.1 Å². The Bertz CT molecular complexity index is 718. The number of benzene rings is 1. The van der Waals surface area contributed by atoms with Crippen molar-refractivity contribution in [3.8, 4) is 0 Å². The van der Waals surface area contributed by atoms with E-state index in [2.05, 4.69) is 0 Å². The molecule has 0 aliphatic heterocycles. The molecule has 1 unspecified atom stereocenters. The number of aliphatic carboxylic acids is 1. The van der Waals surface area contributed by atoms with Gasteiger partial charge in [0.15, 0.2) is 5.78 Å². The average molecular weight is 340 g/mol. The summed E-state index contributed by atoms with van der Waals surface area (Å²) in [5.41, 5.74) is -1.36. The minimum Gasteiger partial charge on any atom is -0.478 e. The molecule has 1 aromatic carbocycles. The van der Waals surface area contributed by atoms with Crippen molar-refractivity contribution in [1.82, 2.24) is 0 Å². The predicted molar refractivity (Wildman–Crippen MR) is 81.3 cm³/mol. The van der Waals surface area contributed by atoms with Crippen LogP contribution in [0.4, 0.5) is 13.2 Å².